The van der Waals surface area contributed by atoms with Crippen molar-refractivity contribution in [1.82, 2.24) is 24.7 Å². The second-order valence-electron chi connectivity index (χ2n) is 7.44. The van der Waals surface area contributed by atoms with Crippen molar-refractivity contribution >= 4 is 17.4 Å². The van der Waals surface area contributed by atoms with E-state index >= 15 is 0 Å². The van der Waals surface area contributed by atoms with E-state index in [4.69, 9.17) is 4.42 Å². The van der Waals surface area contributed by atoms with Gasteiger partial charge in [0.15, 0.2) is 11.4 Å². The molecule has 2 aromatic carbocycles. The zero-order chi connectivity index (χ0) is 24.0. The smallest absolute Gasteiger partial charge is 0.420 e. The van der Waals surface area contributed by atoms with Gasteiger partial charge in [-0.05, 0) is 47.5 Å². The molecule has 0 atom stereocenters. The number of carbonyl (C=O) groups excluding carboxylic acids is 1. The minimum absolute atomic E-state index is 0.124. The minimum Gasteiger partial charge on any atom is -0.434 e. The van der Waals surface area contributed by atoms with Crippen LogP contribution < -0.4 is 0 Å². The predicted molar refractivity (Wildman–Crippen MR) is 113 cm³/mol. The Bertz CT molecular complexity index is 1560. The van der Waals surface area contributed by atoms with Crippen LogP contribution in [0, 0.1) is 5.82 Å². The number of rotatable bonds is 4. The largest absolute Gasteiger partial charge is 0.434 e. The number of nitrogens with zero attached hydrogens (tertiary/aromatic N) is 5. The van der Waals surface area contributed by atoms with E-state index < -0.39 is 23.1 Å². The maximum atomic E-state index is 14.0. The van der Waals surface area contributed by atoms with E-state index in [0.717, 1.165) is 0 Å². The highest BCUT2D eigenvalue weighted by molar-refractivity contribution is 5.88. The van der Waals surface area contributed by atoms with Crippen LogP contribution in [0.25, 0.3) is 45.2 Å². The van der Waals surface area contributed by atoms with Crippen molar-refractivity contribution in [3.05, 3.63) is 71.9 Å². The molecule has 0 amide bonds. The molecule has 3 heterocycles. The first-order valence-electron chi connectivity index (χ1n) is 9.82. The standard InChI is InChI=1S/C23H13F4N5O2/c1-32-11-29-31-21(32)16-9-14(24)2-3-15(16)13-4-5-28-19(8-13)22-30-18-7-12(10-33)6-17(20(18)34-22)23(25,26)27/h2-11H,1H3. The molecule has 3 aromatic heterocycles. The Morgan fingerprint density at radius 2 is 1.88 bits per heavy atom. The van der Waals surface area contributed by atoms with Gasteiger partial charge in [-0.3, -0.25) is 9.78 Å². The van der Waals surface area contributed by atoms with Gasteiger partial charge < -0.3 is 8.98 Å². The van der Waals surface area contributed by atoms with Crippen LogP contribution in [0.3, 0.4) is 0 Å². The summed E-state index contributed by atoms with van der Waals surface area (Å²) < 4.78 is 61.6. The first kappa shape index (κ1) is 21.4. The Morgan fingerprint density at radius 1 is 1.06 bits per heavy atom. The molecule has 0 saturated carbocycles. The Kier molecular flexibility index (Phi) is 4.96. The summed E-state index contributed by atoms with van der Waals surface area (Å²) in [6, 6.07) is 9.29. The average Bonchev–Trinajstić information content (AvgIpc) is 3.43. The maximum Gasteiger partial charge on any atom is 0.420 e. The van der Waals surface area contributed by atoms with Crippen LogP contribution in [0.1, 0.15) is 15.9 Å². The van der Waals surface area contributed by atoms with Crippen LogP contribution >= 0.6 is 0 Å². The van der Waals surface area contributed by atoms with Gasteiger partial charge in [-0.2, -0.15) is 13.2 Å². The molecular formula is C23H13F4N5O2. The number of aromatic nitrogens is 5. The van der Waals surface area contributed by atoms with Crippen molar-refractivity contribution in [1.29, 1.82) is 0 Å². The highest BCUT2D eigenvalue weighted by Gasteiger charge is 2.35. The van der Waals surface area contributed by atoms with Gasteiger partial charge in [-0.1, -0.05) is 6.07 Å². The van der Waals surface area contributed by atoms with E-state index in [-0.39, 0.29) is 22.7 Å². The number of pyridine rings is 1. The number of halogens is 4. The summed E-state index contributed by atoms with van der Waals surface area (Å²) in [6.07, 6.45) is -1.52. The monoisotopic (exact) mass is 467 g/mol. The van der Waals surface area contributed by atoms with E-state index in [0.29, 0.717) is 34.9 Å². The summed E-state index contributed by atoms with van der Waals surface area (Å²) in [5, 5.41) is 7.87. The number of carbonyl (C=O) groups is 1. The van der Waals surface area contributed by atoms with E-state index in [1.165, 1.54) is 30.7 Å². The van der Waals surface area contributed by atoms with Crippen molar-refractivity contribution in [2.45, 2.75) is 6.18 Å². The Balaban J connectivity index is 1.66. The molecule has 0 saturated heterocycles. The molecule has 11 heteroatoms. The third-order valence-electron chi connectivity index (χ3n) is 5.18. The molecule has 170 valence electrons. The SMILES string of the molecule is Cn1cnnc1-c1cc(F)ccc1-c1ccnc(-c2nc3cc(C=O)cc(C(F)(F)F)c3o2)c1. The average molecular weight is 467 g/mol. The lowest BCUT2D eigenvalue weighted by Gasteiger charge is -2.10. The predicted octanol–water partition coefficient (Wildman–Crippen LogP) is 5.32. The molecule has 5 aromatic rings. The fourth-order valence-electron chi connectivity index (χ4n) is 3.64. The van der Waals surface area contributed by atoms with E-state index in [2.05, 4.69) is 20.2 Å². The first-order chi connectivity index (χ1) is 16.2. The zero-order valence-electron chi connectivity index (χ0n) is 17.3. The number of hydrogen-bond acceptors (Lipinski definition) is 6. The number of oxazole rings is 1. The Morgan fingerprint density at radius 3 is 2.59 bits per heavy atom. The second kappa shape index (κ2) is 7.87. The quantitative estimate of drug-likeness (QED) is 0.263. The summed E-state index contributed by atoms with van der Waals surface area (Å²) in [5.41, 5.74) is -0.118. The molecule has 0 bridgehead atoms. The maximum absolute atomic E-state index is 14.0. The second-order valence-corrected chi connectivity index (χ2v) is 7.44. The molecule has 0 fully saturated rings. The molecule has 5 rings (SSSR count). The number of aldehydes is 1. The summed E-state index contributed by atoms with van der Waals surface area (Å²) in [6.45, 7) is 0. The van der Waals surface area contributed by atoms with Crippen LogP contribution in [0.2, 0.25) is 0 Å². The number of benzene rings is 2. The van der Waals surface area contributed by atoms with Crippen LogP contribution in [0.15, 0.2) is 59.4 Å². The Labute approximate surface area is 188 Å². The molecule has 0 aliphatic heterocycles. The van der Waals surface area contributed by atoms with Gasteiger partial charge in [0.2, 0.25) is 5.89 Å². The molecule has 34 heavy (non-hydrogen) atoms. The van der Waals surface area contributed by atoms with Crippen LogP contribution in [0.5, 0.6) is 0 Å². The number of aryl methyl sites for hydroxylation is 1. The van der Waals surface area contributed by atoms with Gasteiger partial charge in [0.05, 0.1) is 0 Å². The van der Waals surface area contributed by atoms with Gasteiger partial charge in [-0.25, -0.2) is 9.37 Å². The lowest BCUT2D eigenvalue weighted by atomic mass is 9.99. The molecule has 7 nitrogen and oxygen atoms in total. The summed E-state index contributed by atoms with van der Waals surface area (Å²) in [5.74, 6) is -0.209. The molecular weight excluding hydrogens is 454 g/mol. The van der Waals surface area contributed by atoms with Crippen LogP contribution in [-0.4, -0.2) is 31.0 Å². The van der Waals surface area contributed by atoms with Crippen molar-refractivity contribution in [3.63, 3.8) is 0 Å². The molecule has 0 N–H and O–H groups in total. The number of hydrogen-bond donors (Lipinski definition) is 0. The zero-order valence-corrected chi connectivity index (χ0v) is 17.3. The van der Waals surface area contributed by atoms with Gasteiger partial charge in [0.25, 0.3) is 0 Å². The fraction of sp³-hybridized carbons (Fsp3) is 0.0870. The van der Waals surface area contributed by atoms with Crippen molar-refractivity contribution in [2.75, 3.05) is 0 Å². The topological polar surface area (TPSA) is 86.7 Å². The van der Waals surface area contributed by atoms with Crippen molar-refractivity contribution < 1.29 is 26.8 Å². The highest BCUT2D eigenvalue weighted by atomic mass is 19.4. The lowest BCUT2D eigenvalue weighted by molar-refractivity contribution is -0.136. The van der Waals surface area contributed by atoms with E-state index in [1.54, 1.807) is 29.8 Å². The summed E-state index contributed by atoms with van der Waals surface area (Å²) in [7, 11) is 1.71. The van der Waals surface area contributed by atoms with Gasteiger partial charge in [-0.15, -0.1) is 10.2 Å². The van der Waals surface area contributed by atoms with Crippen LogP contribution in [0.4, 0.5) is 17.6 Å². The third-order valence-corrected chi connectivity index (χ3v) is 5.18. The lowest BCUT2D eigenvalue weighted by Crippen LogP contribution is -2.06. The first-order valence-corrected chi connectivity index (χ1v) is 9.82. The molecule has 0 spiro atoms. The van der Waals surface area contributed by atoms with Crippen molar-refractivity contribution in [3.8, 4) is 34.1 Å². The molecule has 0 unspecified atom stereocenters. The van der Waals surface area contributed by atoms with Crippen molar-refractivity contribution in [2.24, 2.45) is 7.05 Å². The normalized spacial score (nSPS) is 11.8. The summed E-state index contributed by atoms with van der Waals surface area (Å²) in [4.78, 5) is 19.4. The summed E-state index contributed by atoms with van der Waals surface area (Å²) >= 11 is 0. The molecule has 0 radical (unpaired) electrons. The van der Waals surface area contributed by atoms with Gasteiger partial charge >= 0.3 is 6.18 Å². The number of fused-ring (bicyclic) bond motifs is 1. The number of alkyl halides is 3. The van der Waals surface area contributed by atoms with E-state index in [1.807, 2.05) is 0 Å². The Hall–Kier alpha value is -4.41. The molecule has 0 aliphatic carbocycles. The molecule has 0 aliphatic rings. The minimum atomic E-state index is -4.75. The van der Waals surface area contributed by atoms with E-state index in [9.17, 15) is 22.4 Å². The van der Waals surface area contributed by atoms with Crippen LogP contribution in [-0.2, 0) is 13.2 Å². The fourth-order valence-corrected chi connectivity index (χ4v) is 3.64. The van der Waals surface area contributed by atoms with Gasteiger partial charge in [0, 0.05) is 24.4 Å². The van der Waals surface area contributed by atoms with Gasteiger partial charge in [0.1, 0.15) is 35.2 Å². The highest BCUT2D eigenvalue weighted by Crippen LogP contribution is 2.38. The third kappa shape index (κ3) is 3.70.